The second-order valence-electron chi connectivity index (χ2n) is 4.89. The maximum atomic E-state index is 11.9. The van der Waals surface area contributed by atoms with E-state index in [-0.39, 0.29) is 11.8 Å². The van der Waals surface area contributed by atoms with Gasteiger partial charge < -0.3 is 5.32 Å². The lowest BCUT2D eigenvalue weighted by molar-refractivity contribution is -0.125. The number of nitrogens with one attached hydrogen (secondary N) is 1. The van der Waals surface area contributed by atoms with Crippen molar-refractivity contribution in [1.82, 2.24) is 5.32 Å². The fraction of sp³-hybridized carbons (Fsp3) is 0.786. The smallest absolute Gasteiger partial charge is 0.223 e. The van der Waals surface area contributed by atoms with Crippen LogP contribution in [0.3, 0.4) is 0 Å². The van der Waals surface area contributed by atoms with Gasteiger partial charge in [0.15, 0.2) is 0 Å². The summed E-state index contributed by atoms with van der Waals surface area (Å²) in [6.45, 7) is 4.05. The summed E-state index contributed by atoms with van der Waals surface area (Å²) in [4.78, 5) is 11.9. The molecule has 0 spiro atoms. The SMILES string of the molecule is CC=CCCC(C)C(=O)NC1CCCCC1. The standard InChI is InChI=1S/C14H25NO/c1-3-4-6-9-12(2)14(16)15-13-10-7-5-8-11-13/h3-4,12-13H,5-11H2,1-2H3,(H,15,16). The third kappa shape index (κ3) is 4.82. The molecule has 92 valence electrons. The Balaban J connectivity index is 2.21. The van der Waals surface area contributed by atoms with Gasteiger partial charge in [-0.1, -0.05) is 38.3 Å². The average Bonchev–Trinajstić information content (AvgIpc) is 2.30. The third-order valence-electron chi connectivity index (χ3n) is 3.40. The van der Waals surface area contributed by atoms with E-state index in [9.17, 15) is 4.79 Å². The first-order valence-electron chi connectivity index (χ1n) is 6.65. The van der Waals surface area contributed by atoms with Crippen molar-refractivity contribution in [3.05, 3.63) is 12.2 Å². The minimum atomic E-state index is 0.151. The summed E-state index contributed by atoms with van der Waals surface area (Å²) in [6.07, 6.45) is 12.4. The summed E-state index contributed by atoms with van der Waals surface area (Å²) >= 11 is 0. The molecule has 0 saturated heterocycles. The van der Waals surface area contributed by atoms with E-state index in [1.165, 1.54) is 32.1 Å². The normalized spacial score (nSPS) is 19.9. The number of amides is 1. The van der Waals surface area contributed by atoms with Crippen molar-refractivity contribution in [3.8, 4) is 0 Å². The summed E-state index contributed by atoms with van der Waals surface area (Å²) < 4.78 is 0. The fourth-order valence-corrected chi connectivity index (χ4v) is 2.23. The van der Waals surface area contributed by atoms with Crippen molar-refractivity contribution >= 4 is 5.91 Å². The molecule has 1 fully saturated rings. The summed E-state index contributed by atoms with van der Waals surface area (Å²) in [5.74, 6) is 0.398. The van der Waals surface area contributed by atoms with Crippen LogP contribution in [-0.4, -0.2) is 11.9 Å². The van der Waals surface area contributed by atoms with Crippen molar-refractivity contribution in [2.75, 3.05) is 0 Å². The van der Waals surface area contributed by atoms with E-state index in [0.29, 0.717) is 6.04 Å². The van der Waals surface area contributed by atoms with Crippen LogP contribution in [0.25, 0.3) is 0 Å². The molecule has 0 aromatic heterocycles. The highest BCUT2D eigenvalue weighted by Crippen LogP contribution is 2.18. The molecular formula is C14H25NO. The molecule has 16 heavy (non-hydrogen) atoms. The lowest BCUT2D eigenvalue weighted by Gasteiger charge is -2.24. The first-order valence-corrected chi connectivity index (χ1v) is 6.65. The zero-order valence-corrected chi connectivity index (χ0v) is 10.7. The predicted molar refractivity (Wildman–Crippen MR) is 68.2 cm³/mol. The molecule has 1 aliphatic carbocycles. The van der Waals surface area contributed by atoms with Gasteiger partial charge in [-0.2, -0.15) is 0 Å². The molecule has 2 nitrogen and oxygen atoms in total. The Morgan fingerprint density at radius 3 is 2.69 bits per heavy atom. The van der Waals surface area contributed by atoms with Crippen LogP contribution in [0.4, 0.5) is 0 Å². The Morgan fingerprint density at radius 2 is 2.06 bits per heavy atom. The van der Waals surface area contributed by atoms with Crippen molar-refractivity contribution < 1.29 is 4.79 Å². The van der Waals surface area contributed by atoms with Gasteiger partial charge >= 0.3 is 0 Å². The Labute approximate surface area is 99.5 Å². The Morgan fingerprint density at radius 1 is 1.38 bits per heavy atom. The maximum absolute atomic E-state index is 11.9. The lowest BCUT2D eigenvalue weighted by Crippen LogP contribution is -2.39. The summed E-state index contributed by atoms with van der Waals surface area (Å²) in [7, 11) is 0. The monoisotopic (exact) mass is 223 g/mol. The Bertz CT molecular complexity index is 229. The average molecular weight is 223 g/mol. The second-order valence-corrected chi connectivity index (χ2v) is 4.89. The minimum absolute atomic E-state index is 0.151. The molecule has 0 bridgehead atoms. The Hall–Kier alpha value is -0.790. The zero-order chi connectivity index (χ0) is 11.8. The van der Waals surface area contributed by atoms with Crippen molar-refractivity contribution in [2.45, 2.75) is 64.8 Å². The summed E-state index contributed by atoms with van der Waals surface area (Å²) in [5.41, 5.74) is 0. The molecule has 1 unspecified atom stereocenters. The highest BCUT2D eigenvalue weighted by Gasteiger charge is 2.18. The lowest BCUT2D eigenvalue weighted by atomic mass is 9.94. The minimum Gasteiger partial charge on any atom is -0.353 e. The van der Waals surface area contributed by atoms with Gasteiger partial charge in [-0.3, -0.25) is 4.79 Å². The number of carbonyl (C=O) groups is 1. The van der Waals surface area contributed by atoms with Crippen molar-refractivity contribution in [2.24, 2.45) is 5.92 Å². The highest BCUT2D eigenvalue weighted by molar-refractivity contribution is 5.78. The molecule has 0 aliphatic heterocycles. The largest absolute Gasteiger partial charge is 0.353 e. The van der Waals surface area contributed by atoms with Crippen LogP contribution >= 0.6 is 0 Å². The van der Waals surface area contributed by atoms with E-state index in [1.807, 2.05) is 19.9 Å². The molecule has 1 atom stereocenters. The van der Waals surface area contributed by atoms with E-state index in [1.54, 1.807) is 0 Å². The summed E-state index contributed by atoms with van der Waals surface area (Å²) in [5, 5.41) is 3.18. The number of hydrogen-bond donors (Lipinski definition) is 1. The number of rotatable bonds is 5. The van der Waals surface area contributed by atoms with Crippen LogP contribution < -0.4 is 5.32 Å². The van der Waals surface area contributed by atoms with Crippen LogP contribution in [-0.2, 0) is 4.79 Å². The molecule has 0 radical (unpaired) electrons. The Kier molecular flexibility index (Phi) is 6.20. The number of carbonyl (C=O) groups excluding carboxylic acids is 1. The maximum Gasteiger partial charge on any atom is 0.223 e. The van der Waals surface area contributed by atoms with E-state index in [4.69, 9.17) is 0 Å². The zero-order valence-electron chi connectivity index (χ0n) is 10.7. The van der Waals surface area contributed by atoms with Gasteiger partial charge in [0, 0.05) is 12.0 Å². The molecule has 1 N–H and O–H groups in total. The second kappa shape index (κ2) is 7.48. The third-order valence-corrected chi connectivity index (χ3v) is 3.40. The van der Waals surface area contributed by atoms with Gasteiger partial charge in [-0.25, -0.2) is 0 Å². The first kappa shape index (κ1) is 13.3. The summed E-state index contributed by atoms with van der Waals surface area (Å²) in [6, 6.07) is 0.449. The molecule has 1 aliphatic rings. The van der Waals surface area contributed by atoms with Crippen LogP contribution in [0.5, 0.6) is 0 Å². The van der Waals surface area contributed by atoms with Crippen molar-refractivity contribution in [3.63, 3.8) is 0 Å². The van der Waals surface area contributed by atoms with E-state index < -0.39 is 0 Å². The first-order chi connectivity index (χ1) is 7.74. The highest BCUT2D eigenvalue weighted by atomic mass is 16.1. The van der Waals surface area contributed by atoms with Gasteiger partial charge in [-0.15, -0.1) is 0 Å². The molecular weight excluding hydrogens is 198 g/mol. The fourth-order valence-electron chi connectivity index (χ4n) is 2.23. The van der Waals surface area contributed by atoms with Gasteiger partial charge in [0.2, 0.25) is 5.91 Å². The van der Waals surface area contributed by atoms with E-state index >= 15 is 0 Å². The molecule has 0 aromatic rings. The van der Waals surface area contributed by atoms with Gasteiger partial charge in [0.05, 0.1) is 0 Å². The van der Waals surface area contributed by atoms with Crippen molar-refractivity contribution in [1.29, 1.82) is 0 Å². The van der Waals surface area contributed by atoms with Crippen LogP contribution in [0.2, 0.25) is 0 Å². The molecule has 0 aromatic carbocycles. The predicted octanol–water partition coefficient (Wildman–Crippen LogP) is 3.43. The molecule has 2 heteroatoms. The van der Waals surface area contributed by atoms with Gasteiger partial charge in [0.1, 0.15) is 0 Å². The molecule has 1 rings (SSSR count). The molecule has 1 amide bonds. The molecule has 1 saturated carbocycles. The number of hydrogen-bond acceptors (Lipinski definition) is 1. The van der Waals surface area contributed by atoms with Crippen LogP contribution in [0.15, 0.2) is 12.2 Å². The van der Waals surface area contributed by atoms with Gasteiger partial charge in [-0.05, 0) is 32.6 Å². The van der Waals surface area contributed by atoms with Crippen LogP contribution in [0.1, 0.15) is 58.8 Å². The van der Waals surface area contributed by atoms with E-state index in [2.05, 4.69) is 11.4 Å². The van der Waals surface area contributed by atoms with Gasteiger partial charge in [0.25, 0.3) is 0 Å². The quantitative estimate of drug-likeness (QED) is 0.711. The topological polar surface area (TPSA) is 29.1 Å². The van der Waals surface area contributed by atoms with E-state index in [0.717, 1.165) is 12.8 Å². The van der Waals surface area contributed by atoms with Crippen LogP contribution in [0, 0.1) is 5.92 Å². The molecule has 0 heterocycles. The number of allylic oxidation sites excluding steroid dienone is 2.